The molecule has 9 heteroatoms. The molecule has 0 bridgehead atoms. The van der Waals surface area contributed by atoms with Crippen molar-refractivity contribution in [2.24, 2.45) is 0 Å². The van der Waals surface area contributed by atoms with Gasteiger partial charge in [0, 0.05) is 11.1 Å². The minimum atomic E-state index is -3.63. The van der Waals surface area contributed by atoms with Gasteiger partial charge in [0.2, 0.25) is 0 Å². The number of hydrogen-bond donors (Lipinski definition) is 2. The molecule has 0 saturated carbocycles. The van der Waals surface area contributed by atoms with Crippen LogP contribution in [0, 0.1) is 6.92 Å². The third-order valence-corrected chi connectivity index (χ3v) is 5.91. The van der Waals surface area contributed by atoms with Gasteiger partial charge in [0.15, 0.2) is 5.82 Å². The van der Waals surface area contributed by atoms with Crippen LogP contribution in [0.25, 0.3) is 0 Å². The van der Waals surface area contributed by atoms with Gasteiger partial charge in [0.25, 0.3) is 10.0 Å². The van der Waals surface area contributed by atoms with E-state index in [0.717, 1.165) is 10.6 Å². The van der Waals surface area contributed by atoms with Crippen LogP contribution in [0.5, 0.6) is 0 Å². The van der Waals surface area contributed by atoms with Gasteiger partial charge in [-0.05, 0) is 43.3 Å². The van der Waals surface area contributed by atoms with Crippen molar-refractivity contribution in [1.29, 1.82) is 0 Å². The number of nitrogens with zero attached hydrogens (tertiary/aromatic N) is 3. The Bertz CT molecular complexity index is 909. The van der Waals surface area contributed by atoms with Crippen LogP contribution in [-0.4, -0.2) is 23.6 Å². The lowest BCUT2D eigenvalue weighted by Crippen LogP contribution is -2.13. The number of nitrogens with one attached hydrogen (secondary N) is 2. The molecule has 2 N–H and O–H groups in total. The summed E-state index contributed by atoms with van der Waals surface area (Å²) in [5.41, 5.74) is 0.872. The van der Waals surface area contributed by atoms with Gasteiger partial charge in [-0.2, -0.15) is 0 Å². The molecule has 0 aromatic carbocycles. The summed E-state index contributed by atoms with van der Waals surface area (Å²) in [6.45, 7) is 2.36. The highest BCUT2D eigenvalue weighted by atomic mass is 32.2. The Morgan fingerprint density at radius 2 is 1.83 bits per heavy atom. The summed E-state index contributed by atoms with van der Waals surface area (Å²) in [6, 6.07) is 12.2. The molecule has 24 heavy (non-hydrogen) atoms. The second kappa shape index (κ2) is 6.93. The maximum atomic E-state index is 12.2. The molecule has 3 rings (SSSR count). The van der Waals surface area contributed by atoms with Crippen LogP contribution in [-0.2, 0) is 16.6 Å². The van der Waals surface area contributed by atoms with E-state index >= 15 is 0 Å². The summed E-state index contributed by atoms with van der Waals surface area (Å²) >= 11 is 1.20. The summed E-state index contributed by atoms with van der Waals surface area (Å²) < 4.78 is 27.1. The molecular formula is C15H15N5O2S2. The van der Waals surface area contributed by atoms with Crippen molar-refractivity contribution in [2.75, 3.05) is 10.0 Å². The van der Waals surface area contributed by atoms with Gasteiger partial charge in [0.05, 0.1) is 12.2 Å². The molecule has 0 fully saturated rings. The fourth-order valence-corrected chi connectivity index (χ4v) is 4.19. The molecule has 0 saturated heterocycles. The van der Waals surface area contributed by atoms with E-state index in [1.54, 1.807) is 30.5 Å². The van der Waals surface area contributed by atoms with Gasteiger partial charge in [0.1, 0.15) is 10.0 Å². The molecule has 0 unspecified atom stereocenters. The quantitative estimate of drug-likeness (QED) is 0.701. The van der Waals surface area contributed by atoms with Gasteiger partial charge in [-0.15, -0.1) is 21.5 Å². The van der Waals surface area contributed by atoms with Crippen molar-refractivity contribution in [3.05, 3.63) is 59.2 Å². The number of thiophene rings is 1. The van der Waals surface area contributed by atoms with E-state index in [4.69, 9.17) is 0 Å². The van der Waals surface area contributed by atoms with Crippen LogP contribution in [0.2, 0.25) is 0 Å². The third-order valence-electron chi connectivity index (χ3n) is 3.06. The van der Waals surface area contributed by atoms with Crippen LogP contribution in [0.3, 0.4) is 0 Å². The van der Waals surface area contributed by atoms with Gasteiger partial charge >= 0.3 is 0 Å². The maximum Gasteiger partial charge on any atom is 0.272 e. The van der Waals surface area contributed by atoms with Gasteiger partial charge in [-0.1, -0.05) is 6.07 Å². The van der Waals surface area contributed by atoms with Crippen molar-refractivity contribution in [3.63, 3.8) is 0 Å². The van der Waals surface area contributed by atoms with E-state index in [9.17, 15) is 8.42 Å². The monoisotopic (exact) mass is 361 g/mol. The fourth-order valence-electron chi connectivity index (χ4n) is 1.91. The molecule has 0 spiro atoms. The molecule has 3 aromatic rings. The highest BCUT2D eigenvalue weighted by Crippen LogP contribution is 2.22. The smallest absolute Gasteiger partial charge is 0.272 e. The summed E-state index contributed by atoms with van der Waals surface area (Å²) in [5, 5.41) is 10.9. The van der Waals surface area contributed by atoms with Crippen molar-refractivity contribution >= 4 is 33.0 Å². The molecule has 3 heterocycles. The van der Waals surface area contributed by atoms with Crippen LogP contribution >= 0.6 is 11.3 Å². The molecule has 7 nitrogen and oxygen atoms in total. The highest BCUT2D eigenvalue weighted by molar-refractivity contribution is 7.94. The van der Waals surface area contributed by atoms with Crippen molar-refractivity contribution in [1.82, 2.24) is 15.2 Å². The largest absolute Gasteiger partial charge is 0.363 e. The van der Waals surface area contributed by atoms with Crippen molar-refractivity contribution in [3.8, 4) is 0 Å². The van der Waals surface area contributed by atoms with E-state index < -0.39 is 10.0 Å². The van der Waals surface area contributed by atoms with Crippen molar-refractivity contribution < 1.29 is 8.42 Å². The first-order valence-electron chi connectivity index (χ1n) is 7.10. The van der Waals surface area contributed by atoms with Crippen LogP contribution in [0.4, 0.5) is 11.6 Å². The second-order valence-corrected chi connectivity index (χ2v) is 8.15. The van der Waals surface area contributed by atoms with Gasteiger partial charge in [-0.3, -0.25) is 9.71 Å². The lowest BCUT2D eigenvalue weighted by atomic mass is 10.3. The van der Waals surface area contributed by atoms with Gasteiger partial charge in [-0.25, -0.2) is 8.42 Å². The van der Waals surface area contributed by atoms with E-state index in [-0.39, 0.29) is 10.0 Å². The number of aryl methyl sites for hydroxylation is 1. The zero-order valence-corrected chi connectivity index (χ0v) is 14.4. The van der Waals surface area contributed by atoms with E-state index in [1.807, 2.05) is 25.1 Å². The summed E-state index contributed by atoms with van der Waals surface area (Å²) in [5.74, 6) is 0.708. The second-order valence-electron chi connectivity index (χ2n) is 4.95. The van der Waals surface area contributed by atoms with E-state index in [2.05, 4.69) is 25.2 Å². The molecule has 0 atom stereocenters. The van der Waals surface area contributed by atoms with Crippen LogP contribution < -0.4 is 10.0 Å². The zero-order valence-electron chi connectivity index (χ0n) is 12.8. The molecule has 0 aliphatic heterocycles. The lowest BCUT2D eigenvalue weighted by molar-refractivity contribution is 0.603. The number of hydrogen-bond acceptors (Lipinski definition) is 7. The summed E-state index contributed by atoms with van der Waals surface area (Å²) in [6.07, 6.45) is 1.72. The number of sulfonamides is 1. The van der Waals surface area contributed by atoms with Crippen LogP contribution in [0.15, 0.2) is 52.9 Å². The maximum absolute atomic E-state index is 12.2. The molecule has 3 aromatic heterocycles. The van der Waals surface area contributed by atoms with Gasteiger partial charge < -0.3 is 5.32 Å². The summed E-state index contributed by atoms with van der Waals surface area (Å²) in [4.78, 5) is 5.12. The van der Waals surface area contributed by atoms with Crippen LogP contribution in [0.1, 0.15) is 10.6 Å². The first-order valence-corrected chi connectivity index (χ1v) is 9.40. The topological polar surface area (TPSA) is 96.9 Å². The molecule has 124 valence electrons. The highest BCUT2D eigenvalue weighted by Gasteiger charge is 2.17. The predicted octanol–water partition coefficient (Wildman–Crippen LogP) is 2.65. The number of anilines is 2. The normalized spacial score (nSPS) is 11.2. The predicted molar refractivity (Wildman–Crippen MR) is 93.5 cm³/mol. The standard InChI is InChI=1S/C15H15N5O2S2/c1-11-5-8-15(23-11)24(21,22)20-14-7-6-13(18-19-14)17-10-12-4-2-3-9-16-12/h2-9H,10H2,1H3,(H,17,18)(H,19,20). The Morgan fingerprint density at radius 1 is 1.04 bits per heavy atom. The fraction of sp³-hybridized carbons (Fsp3) is 0.133. The SMILES string of the molecule is Cc1ccc(S(=O)(=O)Nc2ccc(NCc3ccccn3)nn2)s1. The lowest BCUT2D eigenvalue weighted by Gasteiger charge is -2.07. The molecule has 0 amide bonds. The van der Waals surface area contributed by atoms with E-state index in [1.165, 1.54) is 11.3 Å². The molecule has 0 radical (unpaired) electrons. The number of aromatic nitrogens is 3. The van der Waals surface area contributed by atoms with Crippen molar-refractivity contribution in [2.45, 2.75) is 17.7 Å². The Balaban J connectivity index is 1.64. The minimum absolute atomic E-state index is 0.171. The Hall–Kier alpha value is -2.52. The first kappa shape index (κ1) is 16.3. The molecular weight excluding hydrogens is 346 g/mol. The summed E-state index contributed by atoms with van der Waals surface area (Å²) in [7, 11) is -3.63. The molecule has 0 aliphatic rings. The van der Waals surface area contributed by atoms with E-state index in [0.29, 0.717) is 12.4 Å². The third kappa shape index (κ3) is 4.06. The minimum Gasteiger partial charge on any atom is -0.363 e. The Labute approximate surface area is 143 Å². The first-order chi connectivity index (χ1) is 11.5. The zero-order chi connectivity index (χ0) is 17.0. The molecule has 0 aliphatic carbocycles. The Morgan fingerprint density at radius 3 is 2.46 bits per heavy atom. The average molecular weight is 361 g/mol. The Kier molecular flexibility index (Phi) is 4.72. The number of pyridine rings is 1. The number of rotatable bonds is 6. The average Bonchev–Trinajstić information content (AvgIpc) is 3.02.